The number of nitrogens with zero attached hydrogens (tertiary/aromatic N) is 2. The molecular formula is C20H21N3O. The molecule has 0 aromatic heterocycles. The molecule has 122 valence electrons. The lowest BCUT2D eigenvalue weighted by Crippen LogP contribution is -2.46. The van der Waals surface area contributed by atoms with Crippen molar-refractivity contribution in [1.82, 2.24) is 0 Å². The number of nitriles is 1. The Morgan fingerprint density at radius 2 is 1.92 bits per heavy atom. The smallest absolute Gasteiger partial charge is 0.249 e. The number of hydrogen-bond acceptors (Lipinski definition) is 3. The van der Waals surface area contributed by atoms with Crippen LogP contribution in [0, 0.1) is 25.2 Å². The Hall–Kier alpha value is -2.80. The van der Waals surface area contributed by atoms with Crippen LogP contribution in [0.2, 0.25) is 0 Å². The summed E-state index contributed by atoms with van der Waals surface area (Å²) in [6, 6.07) is 13.6. The minimum atomic E-state index is -0.228. The van der Waals surface area contributed by atoms with Crippen LogP contribution in [0.15, 0.2) is 36.4 Å². The summed E-state index contributed by atoms with van der Waals surface area (Å²) in [4.78, 5) is 14.7. The predicted octanol–water partition coefficient (Wildman–Crippen LogP) is 3.91. The van der Waals surface area contributed by atoms with Crippen LogP contribution in [0.4, 0.5) is 11.4 Å². The maximum absolute atomic E-state index is 12.9. The predicted molar refractivity (Wildman–Crippen MR) is 96.0 cm³/mol. The average Bonchev–Trinajstić information content (AvgIpc) is 2.59. The zero-order valence-electron chi connectivity index (χ0n) is 14.3. The van der Waals surface area contributed by atoms with Crippen LogP contribution in [0.1, 0.15) is 35.6 Å². The van der Waals surface area contributed by atoms with E-state index in [1.54, 1.807) is 6.07 Å². The Balaban J connectivity index is 2.07. The summed E-state index contributed by atoms with van der Waals surface area (Å²) in [6.07, 6.45) is 0.724. The summed E-state index contributed by atoms with van der Waals surface area (Å²) < 4.78 is 0. The molecular weight excluding hydrogens is 298 g/mol. The fraction of sp³-hybridized carbons (Fsp3) is 0.300. The normalized spacial score (nSPS) is 16.3. The highest BCUT2D eigenvalue weighted by Crippen LogP contribution is 2.35. The van der Waals surface area contributed by atoms with Crippen molar-refractivity contribution in [2.24, 2.45) is 0 Å². The monoisotopic (exact) mass is 319 g/mol. The van der Waals surface area contributed by atoms with Gasteiger partial charge in [-0.1, -0.05) is 25.1 Å². The summed E-state index contributed by atoms with van der Waals surface area (Å²) >= 11 is 0. The van der Waals surface area contributed by atoms with Gasteiger partial charge in [0, 0.05) is 0 Å². The zero-order chi connectivity index (χ0) is 17.3. The van der Waals surface area contributed by atoms with Gasteiger partial charge in [0.15, 0.2) is 0 Å². The Morgan fingerprint density at radius 3 is 2.62 bits per heavy atom. The van der Waals surface area contributed by atoms with Gasteiger partial charge in [0.1, 0.15) is 6.04 Å². The van der Waals surface area contributed by atoms with Gasteiger partial charge >= 0.3 is 0 Å². The van der Waals surface area contributed by atoms with Crippen molar-refractivity contribution in [1.29, 1.82) is 5.26 Å². The highest BCUT2D eigenvalue weighted by atomic mass is 16.2. The van der Waals surface area contributed by atoms with Crippen LogP contribution in [0.3, 0.4) is 0 Å². The number of aryl methyl sites for hydroxylation is 2. The molecule has 1 unspecified atom stereocenters. The van der Waals surface area contributed by atoms with Gasteiger partial charge in [-0.05, 0) is 55.2 Å². The molecule has 1 aliphatic rings. The topological polar surface area (TPSA) is 56.1 Å². The number of hydrogen-bond donors (Lipinski definition) is 1. The molecule has 0 bridgehead atoms. The van der Waals surface area contributed by atoms with Crippen molar-refractivity contribution < 1.29 is 4.79 Å². The third kappa shape index (κ3) is 2.74. The number of fused-ring (bicyclic) bond motifs is 1. The summed E-state index contributed by atoms with van der Waals surface area (Å²) in [5.41, 5.74) is 5.70. The standard InChI is InChI=1S/C20H21N3O/c1-4-17-20(24)23(12-16-8-6-5-7-15(16)11-21)19-10-14(3)13(2)9-18(19)22-17/h5-10,17,22H,4,12H2,1-3H3. The SMILES string of the molecule is CCC1Nc2cc(C)c(C)cc2N(Cc2ccccc2C#N)C1=O. The molecule has 4 heteroatoms. The van der Waals surface area contributed by atoms with E-state index in [0.717, 1.165) is 28.9 Å². The third-order valence-corrected chi connectivity index (χ3v) is 4.67. The lowest BCUT2D eigenvalue weighted by molar-refractivity contribution is -0.119. The first-order valence-corrected chi connectivity index (χ1v) is 8.22. The van der Waals surface area contributed by atoms with E-state index in [-0.39, 0.29) is 11.9 Å². The second kappa shape index (κ2) is 6.37. The number of carbonyl (C=O) groups excluding carboxylic acids is 1. The highest BCUT2D eigenvalue weighted by molar-refractivity contribution is 6.05. The van der Waals surface area contributed by atoms with Crippen molar-refractivity contribution >= 4 is 17.3 Å². The first kappa shape index (κ1) is 16.1. The van der Waals surface area contributed by atoms with Gasteiger partial charge in [-0.15, -0.1) is 0 Å². The Bertz CT molecular complexity index is 835. The molecule has 3 rings (SSSR count). The van der Waals surface area contributed by atoms with Crippen molar-refractivity contribution in [3.05, 3.63) is 58.7 Å². The van der Waals surface area contributed by atoms with E-state index in [9.17, 15) is 10.1 Å². The summed E-state index contributed by atoms with van der Waals surface area (Å²) in [5.74, 6) is 0.0565. The molecule has 1 amide bonds. The summed E-state index contributed by atoms with van der Waals surface area (Å²) in [7, 11) is 0. The molecule has 0 spiro atoms. The fourth-order valence-electron chi connectivity index (χ4n) is 3.07. The number of amides is 1. The van der Waals surface area contributed by atoms with Gasteiger partial charge in [0.25, 0.3) is 0 Å². The van der Waals surface area contributed by atoms with Crippen molar-refractivity contribution in [3.8, 4) is 6.07 Å². The Morgan fingerprint density at radius 1 is 1.21 bits per heavy atom. The van der Waals surface area contributed by atoms with Gasteiger partial charge < -0.3 is 10.2 Å². The summed E-state index contributed by atoms with van der Waals surface area (Å²) in [5, 5.41) is 12.7. The summed E-state index contributed by atoms with van der Waals surface area (Å²) in [6.45, 7) is 6.54. The third-order valence-electron chi connectivity index (χ3n) is 4.67. The van der Waals surface area contributed by atoms with Gasteiger partial charge in [-0.3, -0.25) is 4.79 Å². The minimum Gasteiger partial charge on any atom is -0.372 e. The van der Waals surface area contributed by atoms with E-state index >= 15 is 0 Å². The van der Waals surface area contributed by atoms with Crippen LogP contribution < -0.4 is 10.2 Å². The molecule has 4 nitrogen and oxygen atoms in total. The molecule has 0 aliphatic carbocycles. The van der Waals surface area contributed by atoms with Crippen molar-refractivity contribution in [2.45, 2.75) is 39.8 Å². The van der Waals surface area contributed by atoms with E-state index < -0.39 is 0 Å². The number of carbonyl (C=O) groups is 1. The molecule has 1 heterocycles. The first-order chi connectivity index (χ1) is 11.5. The first-order valence-electron chi connectivity index (χ1n) is 8.22. The van der Waals surface area contributed by atoms with Crippen LogP contribution in [-0.4, -0.2) is 11.9 Å². The van der Waals surface area contributed by atoms with Crippen LogP contribution >= 0.6 is 0 Å². The number of rotatable bonds is 3. The molecule has 24 heavy (non-hydrogen) atoms. The molecule has 2 aromatic rings. The lowest BCUT2D eigenvalue weighted by Gasteiger charge is -2.36. The van der Waals surface area contributed by atoms with E-state index in [1.165, 1.54) is 5.56 Å². The van der Waals surface area contributed by atoms with Gasteiger partial charge in [0.2, 0.25) is 5.91 Å². The fourth-order valence-corrected chi connectivity index (χ4v) is 3.07. The second-order valence-electron chi connectivity index (χ2n) is 6.25. The molecule has 1 N–H and O–H groups in total. The zero-order valence-corrected chi connectivity index (χ0v) is 14.3. The molecule has 0 saturated heterocycles. The van der Waals surface area contributed by atoms with Gasteiger partial charge in [-0.25, -0.2) is 0 Å². The van der Waals surface area contributed by atoms with E-state index in [0.29, 0.717) is 12.1 Å². The van der Waals surface area contributed by atoms with E-state index in [4.69, 9.17) is 0 Å². The Kier molecular flexibility index (Phi) is 4.26. The van der Waals surface area contributed by atoms with Crippen molar-refractivity contribution in [2.75, 3.05) is 10.2 Å². The molecule has 1 atom stereocenters. The second-order valence-corrected chi connectivity index (χ2v) is 6.25. The number of anilines is 2. The maximum Gasteiger partial charge on any atom is 0.249 e. The minimum absolute atomic E-state index is 0.0565. The van der Waals surface area contributed by atoms with Gasteiger partial charge in [-0.2, -0.15) is 5.26 Å². The van der Waals surface area contributed by atoms with Crippen LogP contribution in [0.5, 0.6) is 0 Å². The van der Waals surface area contributed by atoms with E-state index in [2.05, 4.69) is 30.4 Å². The molecule has 2 aromatic carbocycles. The van der Waals surface area contributed by atoms with Crippen LogP contribution in [-0.2, 0) is 11.3 Å². The molecule has 0 saturated carbocycles. The number of nitrogens with one attached hydrogen (secondary N) is 1. The van der Waals surface area contributed by atoms with Crippen molar-refractivity contribution in [3.63, 3.8) is 0 Å². The quantitative estimate of drug-likeness (QED) is 0.933. The van der Waals surface area contributed by atoms with Crippen LogP contribution in [0.25, 0.3) is 0 Å². The number of benzene rings is 2. The van der Waals surface area contributed by atoms with Gasteiger partial charge in [0.05, 0.1) is 29.6 Å². The average molecular weight is 319 g/mol. The molecule has 0 fully saturated rings. The maximum atomic E-state index is 12.9. The highest BCUT2D eigenvalue weighted by Gasteiger charge is 2.32. The van der Waals surface area contributed by atoms with E-state index in [1.807, 2.05) is 36.9 Å². The largest absolute Gasteiger partial charge is 0.372 e. The molecule has 0 radical (unpaired) electrons. The molecule has 1 aliphatic heterocycles. The lowest BCUT2D eigenvalue weighted by atomic mass is 10.0. The Labute approximate surface area is 142 Å².